The Labute approximate surface area is 109 Å². The number of pyridine rings is 1. The standard InChI is InChI=1S/C12H13N3O2S/c1-8-10(11(16)17-2)18-12(15-8)14-7-9-5-3-4-6-13-9/h3-6H,7H2,1-2H3,(H,14,15). The van der Waals surface area contributed by atoms with E-state index in [1.54, 1.807) is 13.1 Å². The smallest absolute Gasteiger partial charge is 0.350 e. The van der Waals surface area contributed by atoms with Gasteiger partial charge in [0.15, 0.2) is 5.13 Å². The molecule has 5 nitrogen and oxygen atoms in total. The molecule has 0 aliphatic heterocycles. The lowest BCUT2D eigenvalue weighted by molar-refractivity contribution is 0.0605. The third kappa shape index (κ3) is 2.84. The fourth-order valence-corrected chi connectivity index (χ4v) is 2.30. The first kappa shape index (κ1) is 12.5. The highest BCUT2D eigenvalue weighted by Gasteiger charge is 2.15. The first-order chi connectivity index (χ1) is 8.70. The third-order valence-corrected chi connectivity index (χ3v) is 3.41. The number of carbonyl (C=O) groups excluding carboxylic acids is 1. The van der Waals surface area contributed by atoms with Crippen LogP contribution in [0.4, 0.5) is 5.13 Å². The molecule has 0 unspecified atom stereocenters. The Hall–Kier alpha value is -1.95. The van der Waals surface area contributed by atoms with Gasteiger partial charge in [-0.25, -0.2) is 9.78 Å². The van der Waals surface area contributed by atoms with Gasteiger partial charge in [-0.05, 0) is 19.1 Å². The lowest BCUT2D eigenvalue weighted by Gasteiger charge is -2.00. The molecular weight excluding hydrogens is 250 g/mol. The van der Waals surface area contributed by atoms with E-state index in [0.29, 0.717) is 22.2 Å². The summed E-state index contributed by atoms with van der Waals surface area (Å²) in [5, 5.41) is 3.83. The molecule has 0 aromatic carbocycles. The van der Waals surface area contributed by atoms with Crippen molar-refractivity contribution in [1.29, 1.82) is 0 Å². The fourth-order valence-electron chi connectivity index (χ4n) is 1.42. The van der Waals surface area contributed by atoms with Crippen molar-refractivity contribution >= 4 is 22.4 Å². The molecule has 0 saturated carbocycles. The van der Waals surface area contributed by atoms with Gasteiger partial charge in [0, 0.05) is 6.20 Å². The second-order valence-electron chi connectivity index (χ2n) is 3.60. The van der Waals surface area contributed by atoms with E-state index in [0.717, 1.165) is 5.69 Å². The van der Waals surface area contributed by atoms with Gasteiger partial charge in [-0.15, -0.1) is 0 Å². The van der Waals surface area contributed by atoms with E-state index >= 15 is 0 Å². The maximum absolute atomic E-state index is 11.4. The van der Waals surface area contributed by atoms with Crippen molar-refractivity contribution in [2.75, 3.05) is 12.4 Å². The summed E-state index contributed by atoms with van der Waals surface area (Å²) in [6.45, 7) is 2.36. The number of hydrogen-bond acceptors (Lipinski definition) is 6. The van der Waals surface area contributed by atoms with Crippen LogP contribution in [0.1, 0.15) is 21.1 Å². The molecule has 2 rings (SSSR count). The number of nitrogens with zero attached hydrogens (tertiary/aromatic N) is 2. The number of nitrogens with one attached hydrogen (secondary N) is 1. The molecule has 2 aromatic rings. The van der Waals surface area contributed by atoms with Crippen LogP contribution in [-0.2, 0) is 11.3 Å². The average Bonchev–Trinajstić information content (AvgIpc) is 2.78. The molecule has 0 aliphatic carbocycles. The van der Waals surface area contributed by atoms with Crippen molar-refractivity contribution in [1.82, 2.24) is 9.97 Å². The van der Waals surface area contributed by atoms with Crippen LogP contribution >= 0.6 is 11.3 Å². The maximum Gasteiger partial charge on any atom is 0.350 e. The summed E-state index contributed by atoms with van der Waals surface area (Å²) in [7, 11) is 1.36. The zero-order chi connectivity index (χ0) is 13.0. The minimum absolute atomic E-state index is 0.351. The molecule has 1 N–H and O–H groups in total. The predicted molar refractivity (Wildman–Crippen MR) is 69.8 cm³/mol. The highest BCUT2D eigenvalue weighted by molar-refractivity contribution is 7.17. The summed E-state index contributed by atoms with van der Waals surface area (Å²) < 4.78 is 4.68. The summed E-state index contributed by atoms with van der Waals surface area (Å²) in [5.74, 6) is -0.351. The molecule has 18 heavy (non-hydrogen) atoms. The summed E-state index contributed by atoms with van der Waals surface area (Å²) in [6, 6.07) is 5.72. The summed E-state index contributed by atoms with van der Waals surface area (Å²) in [4.78, 5) is 20.4. The molecule has 2 heterocycles. The van der Waals surface area contributed by atoms with Crippen LogP contribution in [-0.4, -0.2) is 23.0 Å². The topological polar surface area (TPSA) is 64.1 Å². The SMILES string of the molecule is COC(=O)c1sc(NCc2ccccn2)nc1C. The van der Waals surface area contributed by atoms with E-state index in [2.05, 4.69) is 20.0 Å². The lowest BCUT2D eigenvalue weighted by atomic mass is 10.3. The molecular formula is C12H13N3O2S. The van der Waals surface area contributed by atoms with Crippen molar-refractivity contribution in [3.05, 3.63) is 40.7 Å². The van der Waals surface area contributed by atoms with E-state index in [9.17, 15) is 4.79 Å². The number of aryl methyl sites for hydroxylation is 1. The minimum Gasteiger partial charge on any atom is -0.465 e. The number of hydrogen-bond donors (Lipinski definition) is 1. The highest BCUT2D eigenvalue weighted by Crippen LogP contribution is 2.23. The van der Waals surface area contributed by atoms with Gasteiger partial charge < -0.3 is 10.1 Å². The van der Waals surface area contributed by atoms with E-state index < -0.39 is 0 Å². The molecule has 2 aromatic heterocycles. The largest absolute Gasteiger partial charge is 0.465 e. The number of rotatable bonds is 4. The van der Waals surface area contributed by atoms with Crippen molar-refractivity contribution in [3.8, 4) is 0 Å². The zero-order valence-corrected chi connectivity index (χ0v) is 11.0. The molecule has 0 amide bonds. The molecule has 0 atom stereocenters. The van der Waals surface area contributed by atoms with E-state index in [1.807, 2.05) is 18.2 Å². The number of anilines is 1. The van der Waals surface area contributed by atoms with Crippen molar-refractivity contribution < 1.29 is 9.53 Å². The normalized spacial score (nSPS) is 10.1. The second-order valence-corrected chi connectivity index (χ2v) is 4.60. The maximum atomic E-state index is 11.4. The minimum atomic E-state index is -0.351. The van der Waals surface area contributed by atoms with Gasteiger partial charge in [0.1, 0.15) is 4.88 Å². The van der Waals surface area contributed by atoms with E-state index in [4.69, 9.17) is 0 Å². The molecule has 0 fully saturated rings. The molecule has 0 saturated heterocycles. The first-order valence-corrected chi connectivity index (χ1v) is 6.22. The van der Waals surface area contributed by atoms with Crippen molar-refractivity contribution in [2.24, 2.45) is 0 Å². The fraction of sp³-hybridized carbons (Fsp3) is 0.250. The summed E-state index contributed by atoms with van der Waals surface area (Å²) in [6.07, 6.45) is 1.74. The molecule has 0 radical (unpaired) electrons. The molecule has 6 heteroatoms. The van der Waals surface area contributed by atoms with Crippen LogP contribution < -0.4 is 5.32 Å². The highest BCUT2D eigenvalue weighted by atomic mass is 32.1. The Balaban J connectivity index is 2.05. The van der Waals surface area contributed by atoms with Gasteiger partial charge in [-0.1, -0.05) is 17.4 Å². The second kappa shape index (κ2) is 5.59. The van der Waals surface area contributed by atoms with E-state index in [1.165, 1.54) is 18.4 Å². The van der Waals surface area contributed by atoms with Crippen LogP contribution in [0.25, 0.3) is 0 Å². The third-order valence-electron chi connectivity index (χ3n) is 2.31. The number of methoxy groups -OCH3 is 1. The van der Waals surface area contributed by atoms with Crippen LogP contribution in [0.5, 0.6) is 0 Å². The molecule has 94 valence electrons. The number of aromatic nitrogens is 2. The van der Waals surface area contributed by atoms with E-state index in [-0.39, 0.29) is 5.97 Å². The first-order valence-electron chi connectivity index (χ1n) is 5.40. The van der Waals surface area contributed by atoms with Crippen LogP contribution in [0.3, 0.4) is 0 Å². The van der Waals surface area contributed by atoms with Gasteiger partial charge in [-0.2, -0.15) is 0 Å². The number of esters is 1. The summed E-state index contributed by atoms with van der Waals surface area (Å²) >= 11 is 1.29. The van der Waals surface area contributed by atoms with Crippen LogP contribution in [0, 0.1) is 6.92 Å². The Bertz CT molecular complexity index is 540. The zero-order valence-electron chi connectivity index (χ0n) is 10.1. The Morgan fingerprint density at radius 1 is 1.50 bits per heavy atom. The quantitative estimate of drug-likeness (QED) is 0.857. The monoisotopic (exact) mass is 263 g/mol. The van der Waals surface area contributed by atoms with Gasteiger partial charge in [0.25, 0.3) is 0 Å². The molecule has 0 aliphatic rings. The summed E-state index contributed by atoms with van der Waals surface area (Å²) in [5.41, 5.74) is 1.60. The van der Waals surface area contributed by atoms with Crippen LogP contribution in [0.15, 0.2) is 24.4 Å². The Morgan fingerprint density at radius 2 is 2.33 bits per heavy atom. The number of ether oxygens (including phenoxy) is 1. The number of carbonyl (C=O) groups is 1. The van der Waals surface area contributed by atoms with Gasteiger partial charge in [-0.3, -0.25) is 4.98 Å². The van der Waals surface area contributed by atoms with Crippen LogP contribution in [0.2, 0.25) is 0 Å². The average molecular weight is 263 g/mol. The Kier molecular flexibility index (Phi) is 3.88. The lowest BCUT2D eigenvalue weighted by Crippen LogP contribution is -2.00. The van der Waals surface area contributed by atoms with Crippen molar-refractivity contribution in [3.63, 3.8) is 0 Å². The van der Waals surface area contributed by atoms with Crippen molar-refractivity contribution in [2.45, 2.75) is 13.5 Å². The number of thiazole rings is 1. The van der Waals surface area contributed by atoms with Gasteiger partial charge in [0.2, 0.25) is 0 Å². The molecule has 0 bridgehead atoms. The predicted octanol–water partition coefficient (Wildman–Crippen LogP) is 2.25. The van der Waals surface area contributed by atoms with Gasteiger partial charge >= 0.3 is 5.97 Å². The molecule has 0 spiro atoms. The van der Waals surface area contributed by atoms with Gasteiger partial charge in [0.05, 0.1) is 25.0 Å². The Morgan fingerprint density at radius 3 is 3.00 bits per heavy atom.